The van der Waals surface area contributed by atoms with Gasteiger partial charge in [-0.3, -0.25) is 14.6 Å². The maximum atomic E-state index is 13.9. The number of amides is 2. The molecule has 2 saturated heterocycles. The van der Waals surface area contributed by atoms with Crippen LogP contribution in [0, 0.1) is 5.92 Å². The molecule has 1 aromatic heterocycles. The van der Waals surface area contributed by atoms with Gasteiger partial charge in [0.2, 0.25) is 5.91 Å². The number of benzene rings is 1. The van der Waals surface area contributed by atoms with Gasteiger partial charge in [-0.15, -0.1) is 0 Å². The molecule has 0 bridgehead atoms. The van der Waals surface area contributed by atoms with Gasteiger partial charge in [0.1, 0.15) is 0 Å². The zero-order chi connectivity index (χ0) is 23.0. The number of fused-ring (bicyclic) bond motifs is 1. The summed E-state index contributed by atoms with van der Waals surface area (Å²) in [6, 6.07) is 5.92. The van der Waals surface area contributed by atoms with Gasteiger partial charge in [0.05, 0.1) is 28.9 Å². The van der Waals surface area contributed by atoms with E-state index >= 15 is 0 Å². The first-order chi connectivity index (χ1) is 15.1. The molecule has 2 aliphatic heterocycles. The second-order valence-corrected chi connectivity index (χ2v) is 8.63. The third-order valence-corrected chi connectivity index (χ3v) is 6.15. The van der Waals surface area contributed by atoms with Crippen molar-refractivity contribution < 1.29 is 27.5 Å². The predicted octanol–water partition coefficient (Wildman–Crippen LogP) is 3.74. The van der Waals surface area contributed by atoms with Crippen molar-refractivity contribution >= 4 is 22.7 Å². The van der Waals surface area contributed by atoms with E-state index in [0.29, 0.717) is 25.9 Å². The average molecular weight is 449 g/mol. The van der Waals surface area contributed by atoms with Gasteiger partial charge >= 0.3 is 6.18 Å². The second-order valence-electron chi connectivity index (χ2n) is 8.63. The molecule has 6 nitrogen and oxygen atoms in total. The van der Waals surface area contributed by atoms with E-state index < -0.39 is 23.2 Å². The zero-order valence-electron chi connectivity index (χ0n) is 18.1. The lowest BCUT2D eigenvalue weighted by Gasteiger charge is -2.39. The summed E-state index contributed by atoms with van der Waals surface area (Å²) >= 11 is 0. The zero-order valence-corrected chi connectivity index (χ0v) is 18.1. The average Bonchev–Trinajstić information content (AvgIpc) is 2.76. The second kappa shape index (κ2) is 8.69. The Morgan fingerprint density at radius 3 is 2.28 bits per heavy atom. The Hall–Kier alpha value is -2.68. The summed E-state index contributed by atoms with van der Waals surface area (Å²) in [5, 5.41) is -0.0912. The number of hydrogen-bond acceptors (Lipinski definition) is 4. The molecular weight excluding hydrogens is 423 g/mol. The molecule has 172 valence electrons. The van der Waals surface area contributed by atoms with E-state index in [2.05, 4.69) is 4.98 Å². The van der Waals surface area contributed by atoms with Gasteiger partial charge in [-0.2, -0.15) is 13.2 Å². The monoisotopic (exact) mass is 449 g/mol. The van der Waals surface area contributed by atoms with Crippen LogP contribution < -0.4 is 0 Å². The Labute approximate surface area is 184 Å². The van der Waals surface area contributed by atoms with E-state index in [1.165, 1.54) is 23.1 Å². The van der Waals surface area contributed by atoms with Crippen molar-refractivity contribution in [3.8, 4) is 0 Å². The minimum atomic E-state index is -4.69. The van der Waals surface area contributed by atoms with Gasteiger partial charge in [0.25, 0.3) is 5.91 Å². The van der Waals surface area contributed by atoms with Crippen LogP contribution in [0.5, 0.6) is 0 Å². The third kappa shape index (κ3) is 4.44. The molecule has 2 aliphatic rings. The number of halogens is 3. The molecule has 9 heteroatoms. The molecular formula is C23H26F3N3O3. The van der Waals surface area contributed by atoms with Crippen molar-refractivity contribution in [2.75, 3.05) is 26.2 Å². The van der Waals surface area contributed by atoms with Gasteiger partial charge in [0.15, 0.2) is 0 Å². The number of carbonyl (C=O) groups is 2. The fourth-order valence-corrected chi connectivity index (χ4v) is 4.72. The molecule has 32 heavy (non-hydrogen) atoms. The molecule has 1 aromatic carbocycles. The van der Waals surface area contributed by atoms with Crippen LogP contribution in [-0.4, -0.2) is 65.0 Å². The van der Waals surface area contributed by atoms with E-state index in [4.69, 9.17) is 4.74 Å². The maximum Gasteiger partial charge on any atom is 0.417 e. The molecule has 4 rings (SSSR count). The van der Waals surface area contributed by atoms with E-state index in [1.807, 2.05) is 13.8 Å². The minimum absolute atomic E-state index is 0.0300. The first-order valence-corrected chi connectivity index (χ1v) is 10.8. The first kappa shape index (κ1) is 22.5. The maximum absolute atomic E-state index is 13.9. The van der Waals surface area contributed by atoms with Crippen LogP contribution in [0.4, 0.5) is 13.2 Å². The lowest BCUT2D eigenvalue weighted by atomic mass is 9.93. The Bertz CT molecular complexity index is 1010. The number of likely N-dealkylation sites (tertiary alicyclic amines) is 1. The fourth-order valence-electron chi connectivity index (χ4n) is 4.72. The smallest absolute Gasteiger partial charge is 0.372 e. The summed E-state index contributed by atoms with van der Waals surface area (Å²) in [7, 11) is 0. The summed E-state index contributed by atoms with van der Waals surface area (Å²) < 4.78 is 47.3. The molecule has 3 heterocycles. The van der Waals surface area contributed by atoms with E-state index in [-0.39, 0.29) is 48.0 Å². The number of aromatic nitrogens is 1. The number of pyridine rings is 1. The van der Waals surface area contributed by atoms with Gasteiger partial charge < -0.3 is 14.5 Å². The molecule has 0 saturated carbocycles. The fraction of sp³-hybridized carbons (Fsp3) is 0.522. The van der Waals surface area contributed by atoms with E-state index in [9.17, 15) is 22.8 Å². The van der Waals surface area contributed by atoms with Gasteiger partial charge in [0, 0.05) is 43.7 Å². The quantitative estimate of drug-likeness (QED) is 0.701. The SMILES string of the molecule is CC1CN(C(=O)C2CCN(C(=O)c3cnc4ccccc4c3C(F)(F)F)CC2)CC(C)O1. The summed E-state index contributed by atoms with van der Waals surface area (Å²) in [5.74, 6) is -0.911. The number of para-hydroxylation sites is 1. The third-order valence-electron chi connectivity index (χ3n) is 6.15. The van der Waals surface area contributed by atoms with Crippen molar-refractivity contribution in [2.24, 2.45) is 5.92 Å². The molecule has 0 N–H and O–H groups in total. The highest BCUT2D eigenvalue weighted by Gasteiger charge is 2.40. The summed E-state index contributed by atoms with van der Waals surface area (Å²) in [6.07, 6.45) is -2.90. The Kier molecular flexibility index (Phi) is 6.11. The molecule has 2 atom stereocenters. The normalized spacial score (nSPS) is 22.9. The van der Waals surface area contributed by atoms with Crippen LogP contribution in [0.2, 0.25) is 0 Å². The lowest BCUT2D eigenvalue weighted by Crippen LogP contribution is -2.51. The largest absolute Gasteiger partial charge is 0.417 e. The summed E-state index contributed by atoms with van der Waals surface area (Å²) in [4.78, 5) is 33.2. The predicted molar refractivity (Wildman–Crippen MR) is 112 cm³/mol. The number of carbonyl (C=O) groups excluding carboxylic acids is 2. The van der Waals surface area contributed by atoms with Crippen molar-refractivity contribution in [1.82, 2.24) is 14.8 Å². The number of alkyl halides is 3. The van der Waals surface area contributed by atoms with E-state index in [0.717, 1.165) is 6.20 Å². The minimum Gasteiger partial charge on any atom is -0.372 e. The molecule has 2 aromatic rings. The molecule has 2 unspecified atom stereocenters. The van der Waals surface area contributed by atoms with Crippen molar-refractivity contribution in [3.05, 3.63) is 41.6 Å². The van der Waals surface area contributed by atoms with Crippen LogP contribution in [0.15, 0.2) is 30.5 Å². The van der Waals surface area contributed by atoms with Crippen LogP contribution >= 0.6 is 0 Å². The van der Waals surface area contributed by atoms with E-state index in [1.54, 1.807) is 11.0 Å². The number of morpholine rings is 1. The summed E-state index contributed by atoms with van der Waals surface area (Å²) in [6.45, 7) is 5.36. The number of ether oxygens (including phenoxy) is 1. The topological polar surface area (TPSA) is 62.7 Å². The Morgan fingerprint density at radius 1 is 1.03 bits per heavy atom. The van der Waals surface area contributed by atoms with Crippen molar-refractivity contribution in [2.45, 2.75) is 45.1 Å². The first-order valence-electron chi connectivity index (χ1n) is 10.8. The standard InChI is InChI=1S/C23H26F3N3O3/c1-14-12-29(13-15(2)32-14)21(30)16-7-9-28(10-8-16)22(31)18-11-27-19-6-4-3-5-17(19)20(18)23(24,25)26/h3-6,11,14-16H,7-10,12-13H2,1-2H3. The highest BCUT2D eigenvalue weighted by atomic mass is 19.4. The molecule has 0 radical (unpaired) electrons. The Balaban J connectivity index is 1.49. The number of piperidine rings is 1. The number of hydrogen-bond donors (Lipinski definition) is 0. The van der Waals surface area contributed by atoms with Crippen molar-refractivity contribution in [3.63, 3.8) is 0 Å². The van der Waals surface area contributed by atoms with Gasteiger partial charge in [-0.1, -0.05) is 18.2 Å². The van der Waals surface area contributed by atoms with Crippen LogP contribution in [0.3, 0.4) is 0 Å². The molecule has 0 aliphatic carbocycles. The van der Waals surface area contributed by atoms with Crippen LogP contribution in [0.1, 0.15) is 42.6 Å². The van der Waals surface area contributed by atoms with Crippen LogP contribution in [-0.2, 0) is 15.7 Å². The Morgan fingerprint density at radius 2 is 1.66 bits per heavy atom. The highest BCUT2D eigenvalue weighted by molar-refractivity contribution is 6.00. The summed E-state index contributed by atoms with van der Waals surface area (Å²) in [5.41, 5.74) is -1.21. The van der Waals surface area contributed by atoms with Crippen LogP contribution in [0.25, 0.3) is 10.9 Å². The van der Waals surface area contributed by atoms with Crippen molar-refractivity contribution in [1.29, 1.82) is 0 Å². The molecule has 2 fully saturated rings. The molecule has 0 spiro atoms. The van der Waals surface area contributed by atoms with Gasteiger partial charge in [-0.05, 0) is 32.8 Å². The lowest BCUT2D eigenvalue weighted by molar-refractivity contribution is -0.148. The number of nitrogens with zero attached hydrogens (tertiary/aromatic N) is 3. The highest BCUT2D eigenvalue weighted by Crippen LogP contribution is 2.37. The molecule has 2 amide bonds. The van der Waals surface area contributed by atoms with Gasteiger partial charge in [-0.25, -0.2) is 0 Å². The number of rotatable bonds is 2.